The van der Waals surface area contributed by atoms with Crippen LogP contribution in [0, 0.1) is 10.1 Å². The maximum Gasteiger partial charge on any atom is 0.279 e. The second kappa shape index (κ2) is 13.0. The number of methoxy groups -OCH3 is 1. The molecule has 0 saturated heterocycles. The molecule has 0 bridgehead atoms. The van der Waals surface area contributed by atoms with E-state index in [0.717, 1.165) is 10.8 Å². The molecule has 0 fully saturated rings. The molecule has 0 radical (unpaired) electrons. The number of amides is 1. The zero-order valence-corrected chi connectivity index (χ0v) is 18.9. The largest absolute Gasteiger partial charge is 0.493 e. The molecule has 2 aromatic rings. The molecule has 0 spiro atoms. The maximum absolute atomic E-state index is 11.9. The number of nitrogens with zero attached hydrogens (tertiary/aromatic N) is 2. The third-order valence-electron chi connectivity index (χ3n) is 4.06. The molecule has 1 amide bonds. The highest BCUT2D eigenvalue weighted by atomic mass is 33.1. The molecule has 2 rings (SSSR count). The van der Waals surface area contributed by atoms with E-state index in [1.165, 1.54) is 26.2 Å². The average Bonchev–Trinajstić information content (AvgIpc) is 2.76. The van der Waals surface area contributed by atoms with E-state index in [4.69, 9.17) is 9.47 Å². The monoisotopic (exact) mass is 467 g/mol. The lowest BCUT2D eigenvalue weighted by molar-refractivity contribution is -0.386. The first-order valence-corrected chi connectivity index (χ1v) is 11.9. The number of aromatic nitrogens is 1. The molecule has 0 aliphatic heterocycles. The number of pyridine rings is 1. The summed E-state index contributed by atoms with van der Waals surface area (Å²) in [7, 11) is 4.59. The summed E-state index contributed by atoms with van der Waals surface area (Å²) >= 11 is 0. The number of hydrogen-bond donors (Lipinski definition) is 2. The van der Waals surface area contributed by atoms with Crippen molar-refractivity contribution in [3.8, 4) is 11.5 Å². The van der Waals surface area contributed by atoms with Crippen LogP contribution in [0.1, 0.15) is 31.4 Å². The molecule has 0 saturated carbocycles. The van der Waals surface area contributed by atoms with Crippen LogP contribution in [0.2, 0.25) is 0 Å². The molecule has 31 heavy (non-hydrogen) atoms. The van der Waals surface area contributed by atoms with Crippen LogP contribution in [0.25, 0.3) is 0 Å². The molecule has 1 heterocycles. The minimum Gasteiger partial charge on any atom is -0.493 e. The van der Waals surface area contributed by atoms with Gasteiger partial charge in [0, 0.05) is 24.9 Å². The summed E-state index contributed by atoms with van der Waals surface area (Å²) in [5.74, 6) is 1.14. The van der Waals surface area contributed by atoms with Gasteiger partial charge in [-0.15, -0.1) is 0 Å². The lowest BCUT2D eigenvalue weighted by atomic mass is 10.1. The quantitative estimate of drug-likeness (QED) is 0.196. The van der Waals surface area contributed by atoms with Gasteiger partial charge < -0.3 is 19.9 Å². The van der Waals surface area contributed by atoms with E-state index in [1.807, 2.05) is 18.2 Å². The number of aliphatic hydroxyl groups excluding tert-OH is 1. The summed E-state index contributed by atoms with van der Waals surface area (Å²) in [6.45, 7) is 2.18. The second-order valence-corrected chi connectivity index (χ2v) is 8.81. The molecule has 11 heteroatoms. The van der Waals surface area contributed by atoms with Crippen molar-refractivity contribution in [1.29, 1.82) is 0 Å². The fourth-order valence-corrected chi connectivity index (χ4v) is 4.35. The van der Waals surface area contributed by atoms with Gasteiger partial charge in [0.05, 0.1) is 36.4 Å². The Morgan fingerprint density at radius 3 is 2.81 bits per heavy atom. The Kier molecular flexibility index (Phi) is 10.4. The predicted molar refractivity (Wildman–Crippen MR) is 121 cm³/mol. The first-order chi connectivity index (χ1) is 14.9. The first-order valence-electron chi connectivity index (χ1n) is 9.56. The number of hydrogen-bond acceptors (Lipinski definition) is 9. The highest BCUT2D eigenvalue weighted by Gasteiger charge is 2.22. The van der Waals surface area contributed by atoms with Crippen molar-refractivity contribution in [2.75, 3.05) is 26.0 Å². The van der Waals surface area contributed by atoms with Crippen LogP contribution in [0.4, 0.5) is 5.69 Å². The summed E-state index contributed by atoms with van der Waals surface area (Å²) in [4.78, 5) is 26.8. The Hall–Kier alpha value is -2.50. The van der Waals surface area contributed by atoms with E-state index >= 15 is 0 Å². The number of nitrogens with one attached hydrogen (secondary N) is 1. The summed E-state index contributed by atoms with van der Waals surface area (Å²) in [6.07, 6.45) is 1.43. The van der Waals surface area contributed by atoms with Crippen LogP contribution >= 0.6 is 21.6 Å². The van der Waals surface area contributed by atoms with E-state index < -0.39 is 11.0 Å². The minimum atomic E-state index is -1.02. The lowest BCUT2D eigenvalue weighted by Crippen LogP contribution is -2.25. The van der Waals surface area contributed by atoms with Gasteiger partial charge in [0.15, 0.2) is 11.5 Å². The Balaban J connectivity index is 1.72. The summed E-state index contributed by atoms with van der Waals surface area (Å²) in [5.41, 5.74) is -0.0997. The van der Waals surface area contributed by atoms with Gasteiger partial charge in [-0.05, 0) is 42.3 Å². The van der Waals surface area contributed by atoms with Crippen molar-refractivity contribution in [2.24, 2.45) is 0 Å². The average molecular weight is 468 g/mol. The molecule has 9 nitrogen and oxygen atoms in total. The molecule has 0 aliphatic rings. The number of nitro benzene ring substituents is 1. The van der Waals surface area contributed by atoms with E-state index in [2.05, 4.69) is 10.3 Å². The number of benzene rings is 1. The number of rotatable bonds is 13. The van der Waals surface area contributed by atoms with Gasteiger partial charge in [-0.1, -0.05) is 16.9 Å². The molecular formula is C20H25N3O6S2. The third kappa shape index (κ3) is 8.27. The predicted octanol–water partition coefficient (Wildman–Crippen LogP) is 3.77. The zero-order valence-electron chi connectivity index (χ0n) is 17.3. The number of nitro groups is 1. The first kappa shape index (κ1) is 24.8. The van der Waals surface area contributed by atoms with Crippen LogP contribution in [-0.2, 0) is 4.79 Å². The van der Waals surface area contributed by atoms with Crippen molar-refractivity contribution in [2.45, 2.75) is 30.9 Å². The van der Waals surface area contributed by atoms with Crippen LogP contribution in [-0.4, -0.2) is 46.9 Å². The van der Waals surface area contributed by atoms with Gasteiger partial charge in [-0.2, -0.15) is 0 Å². The molecular weight excluding hydrogens is 442 g/mol. The minimum absolute atomic E-state index is 0.0885. The van der Waals surface area contributed by atoms with Gasteiger partial charge in [0.1, 0.15) is 5.03 Å². The fraction of sp³-hybridized carbons (Fsp3) is 0.400. The molecule has 1 atom stereocenters. The van der Waals surface area contributed by atoms with Gasteiger partial charge in [0.2, 0.25) is 5.91 Å². The standard InChI is InChI=1S/C20H25N3O6S2/c1-14(24)15-12-17(28-2)18(13-16(15)23(26)27)29-10-5-6-19(25)21-9-11-30-31-20-7-3-4-8-22-20/h3-4,7-8,12-14,24H,5-6,9-11H2,1-2H3,(H,21,25). The number of aliphatic hydroxyl groups is 1. The lowest BCUT2D eigenvalue weighted by Gasteiger charge is -2.14. The van der Waals surface area contributed by atoms with E-state index in [0.29, 0.717) is 13.0 Å². The SMILES string of the molecule is COc1cc(C(C)O)c([N+](=O)[O-])cc1OCCCC(=O)NCCSSc1ccccn1. The number of ether oxygens (including phenoxy) is 2. The van der Waals surface area contributed by atoms with Crippen molar-refractivity contribution in [1.82, 2.24) is 10.3 Å². The maximum atomic E-state index is 11.9. The highest BCUT2D eigenvalue weighted by molar-refractivity contribution is 8.76. The summed E-state index contributed by atoms with van der Waals surface area (Å²) in [6, 6.07) is 8.34. The van der Waals surface area contributed by atoms with Crippen molar-refractivity contribution in [3.05, 3.63) is 52.2 Å². The zero-order chi connectivity index (χ0) is 22.6. The summed E-state index contributed by atoms with van der Waals surface area (Å²) in [5, 5.41) is 24.8. The van der Waals surface area contributed by atoms with E-state index in [1.54, 1.807) is 27.8 Å². The van der Waals surface area contributed by atoms with Gasteiger partial charge >= 0.3 is 0 Å². The smallest absolute Gasteiger partial charge is 0.279 e. The molecule has 0 aliphatic carbocycles. The van der Waals surface area contributed by atoms with Gasteiger partial charge in [-0.25, -0.2) is 4.98 Å². The Morgan fingerprint density at radius 1 is 1.35 bits per heavy atom. The topological polar surface area (TPSA) is 124 Å². The van der Waals surface area contributed by atoms with Crippen molar-refractivity contribution < 1.29 is 24.3 Å². The normalized spacial score (nSPS) is 11.6. The second-order valence-electron chi connectivity index (χ2n) is 6.37. The van der Waals surface area contributed by atoms with Crippen molar-refractivity contribution >= 4 is 33.2 Å². The molecule has 2 N–H and O–H groups in total. The van der Waals surface area contributed by atoms with Crippen molar-refractivity contribution in [3.63, 3.8) is 0 Å². The van der Waals surface area contributed by atoms with Crippen LogP contribution in [0.3, 0.4) is 0 Å². The Morgan fingerprint density at radius 2 is 2.16 bits per heavy atom. The van der Waals surface area contributed by atoms with E-state index in [9.17, 15) is 20.0 Å². The molecule has 1 unspecified atom stereocenters. The van der Waals surface area contributed by atoms with Crippen LogP contribution in [0.5, 0.6) is 11.5 Å². The Bertz CT molecular complexity index is 867. The number of carbonyl (C=O) groups excluding carboxylic acids is 1. The fourth-order valence-electron chi connectivity index (χ4n) is 2.56. The highest BCUT2D eigenvalue weighted by Crippen LogP contribution is 2.37. The summed E-state index contributed by atoms with van der Waals surface area (Å²) < 4.78 is 10.8. The molecule has 1 aromatic heterocycles. The Labute approximate surface area is 188 Å². The van der Waals surface area contributed by atoms with Gasteiger partial charge in [-0.3, -0.25) is 14.9 Å². The van der Waals surface area contributed by atoms with Crippen LogP contribution in [0.15, 0.2) is 41.6 Å². The van der Waals surface area contributed by atoms with Crippen LogP contribution < -0.4 is 14.8 Å². The number of carbonyl (C=O) groups is 1. The molecule has 1 aromatic carbocycles. The van der Waals surface area contributed by atoms with Gasteiger partial charge in [0.25, 0.3) is 5.69 Å². The third-order valence-corrected chi connectivity index (χ3v) is 6.32. The van der Waals surface area contributed by atoms with E-state index in [-0.39, 0.29) is 41.7 Å². The molecule has 168 valence electrons.